The van der Waals surface area contributed by atoms with Gasteiger partial charge in [-0.15, -0.1) is 0 Å². The number of hydrogen-bond donors (Lipinski definition) is 1. The molecule has 23 heavy (non-hydrogen) atoms. The van der Waals surface area contributed by atoms with Crippen molar-refractivity contribution in [2.45, 2.75) is 26.9 Å². The molecule has 118 valence electrons. The van der Waals surface area contributed by atoms with Gasteiger partial charge in [-0.25, -0.2) is 4.98 Å². The molecule has 0 radical (unpaired) electrons. The summed E-state index contributed by atoms with van der Waals surface area (Å²) in [6.45, 7) is 5.71. The Hall–Kier alpha value is -2.87. The van der Waals surface area contributed by atoms with Crippen molar-refractivity contribution in [2.75, 3.05) is 5.32 Å². The quantitative estimate of drug-likeness (QED) is 0.919. The van der Waals surface area contributed by atoms with Gasteiger partial charge in [0, 0.05) is 6.20 Å². The molecule has 0 saturated carbocycles. The van der Waals surface area contributed by atoms with E-state index < -0.39 is 6.10 Å². The molecule has 0 aliphatic heterocycles. The maximum atomic E-state index is 12.5. The molecule has 1 aromatic carbocycles. The second-order valence-corrected chi connectivity index (χ2v) is 5.60. The van der Waals surface area contributed by atoms with Crippen molar-refractivity contribution in [2.24, 2.45) is 5.92 Å². The number of nitriles is 1. The van der Waals surface area contributed by atoms with E-state index in [1.807, 2.05) is 26.8 Å². The first-order valence-electron chi connectivity index (χ1n) is 7.40. The Labute approximate surface area is 135 Å². The number of hydrogen-bond acceptors (Lipinski definition) is 4. The van der Waals surface area contributed by atoms with E-state index in [9.17, 15) is 4.79 Å². The summed E-state index contributed by atoms with van der Waals surface area (Å²) in [5.41, 5.74) is 1.42. The zero-order valence-electron chi connectivity index (χ0n) is 13.4. The summed E-state index contributed by atoms with van der Waals surface area (Å²) in [6.07, 6.45) is 0.971. The third-order valence-corrected chi connectivity index (χ3v) is 3.29. The number of aromatic nitrogens is 1. The van der Waals surface area contributed by atoms with Gasteiger partial charge in [-0.05, 0) is 36.6 Å². The summed E-state index contributed by atoms with van der Waals surface area (Å²) >= 11 is 0. The Kier molecular flexibility index (Phi) is 5.32. The predicted molar refractivity (Wildman–Crippen MR) is 88.0 cm³/mol. The number of aryl methyl sites for hydroxylation is 1. The summed E-state index contributed by atoms with van der Waals surface area (Å²) in [6, 6.07) is 12.6. The van der Waals surface area contributed by atoms with Crippen molar-refractivity contribution in [3.05, 3.63) is 53.7 Å². The number of pyridine rings is 1. The van der Waals surface area contributed by atoms with E-state index in [0.717, 1.165) is 5.56 Å². The molecule has 2 rings (SSSR count). The molecule has 1 heterocycles. The summed E-state index contributed by atoms with van der Waals surface area (Å²) in [4.78, 5) is 16.6. The molecule has 1 amide bonds. The first-order valence-corrected chi connectivity index (χ1v) is 7.40. The van der Waals surface area contributed by atoms with Gasteiger partial charge in [0.25, 0.3) is 5.91 Å². The molecule has 1 unspecified atom stereocenters. The lowest BCUT2D eigenvalue weighted by Gasteiger charge is -2.22. The number of ether oxygens (including phenoxy) is 1. The van der Waals surface area contributed by atoms with Gasteiger partial charge in [0.1, 0.15) is 17.6 Å². The van der Waals surface area contributed by atoms with Gasteiger partial charge in [0.15, 0.2) is 6.10 Å². The van der Waals surface area contributed by atoms with Crippen molar-refractivity contribution >= 4 is 11.7 Å². The smallest absolute Gasteiger partial charge is 0.266 e. The highest BCUT2D eigenvalue weighted by Crippen LogP contribution is 2.21. The molecule has 1 N–H and O–H groups in total. The molecule has 1 aromatic heterocycles. The van der Waals surface area contributed by atoms with Gasteiger partial charge < -0.3 is 10.1 Å². The Morgan fingerprint density at radius 3 is 2.61 bits per heavy atom. The summed E-state index contributed by atoms with van der Waals surface area (Å²) in [5, 5.41) is 11.9. The number of rotatable bonds is 5. The molecule has 0 saturated heterocycles. The summed E-state index contributed by atoms with van der Waals surface area (Å²) in [5.74, 6) is 0.528. The van der Waals surface area contributed by atoms with Crippen LogP contribution in [0.3, 0.4) is 0 Å². The molecule has 0 fully saturated rings. The Morgan fingerprint density at radius 1 is 1.26 bits per heavy atom. The van der Waals surface area contributed by atoms with Crippen LogP contribution in [-0.4, -0.2) is 17.0 Å². The minimum absolute atomic E-state index is 0.0628. The van der Waals surface area contributed by atoms with Crippen LogP contribution in [0, 0.1) is 24.2 Å². The second-order valence-electron chi connectivity index (χ2n) is 5.60. The lowest BCUT2D eigenvalue weighted by molar-refractivity contribution is -0.124. The topological polar surface area (TPSA) is 75.0 Å². The average molecular weight is 309 g/mol. The highest BCUT2D eigenvalue weighted by molar-refractivity contribution is 5.93. The van der Waals surface area contributed by atoms with Crippen LogP contribution < -0.4 is 10.1 Å². The molecule has 0 spiro atoms. The van der Waals surface area contributed by atoms with Gasteiger partial charge in [-0.2, -0.15) is 5.26 Å². The number of carbonyl (C=O) groups excluding carboxylic acids is 1. The highest BCUT2D eigenvalue weighted by Gasteiger charge is 2.25. The van der Waals surface area contributed by atoms with E-state index in [1.165, 1.54) is 0 Å². The maximum absolute atomic E-state index is 12.5. The normalized spacial score (nSPS) is 11.6. The number of nitrogens with one attached hydrogen (secondary N) is 1. The monoisotopic (exact) mass is 309 g/mol. The second kappa shape index (κ2) is 7.41. The zero-order valence-corrected chi connectivity index (χ0v) is 13.4. The van der Waals surface area contributed by atoms with E-state index in [4.69, 9.17) is 10.00 Å². The van der Waals surface area contributed by atoms with Crippen LogP contribution in [-0.2, 0) is 4.79 Å². The van der Waals surface area contributed by atoms with Crippen molar-refractivity contribution in [1.82, 2.24) is 4.98 Å². The third-order valence-electron chi connectivity index (χ3n) is 3.29. The lowest BCUT2D eigenvalue weighted by Crippen LogP contribution is -2.37. The molecule has 1 atom stereocenters. The van der Waals surface area contributed by atoms with E-state index in [2.05, 4.69) is 16.4 Å². The molecule has 0 bridgehead atoms. The molecular formula is C18H19N3O2. The fourth-order valence-corrected chi connectivity index (χ4v) is 2.03. The lowest BCUT2D eigenvalue weighted by atomic mass is 10.1. The van der Waals surface area contributed by atoms with Crippen LogP contribution in [0.25, 0.3) is 0 Å². The molecular weight excluding hydrogens is 290 g/mol. The number of amides is 1. The summed E-state index contributed by atoms with van der Waals surface area (Å²) in [7, 11) is 0. The standard InChI is InChI=1S/C18H19N3O2/c1-12(2)17(23-15-7-5-4-6-14(15)10-19)18(22)21-16-9-8-13(3)11-20-16/h4-9,11-12,17H,1-3H3,(H,20,21,22). The summed E-state index contributed by atoms with van der Waals surface area (Å²) < 4.78 is 5.79. The van der Waals surface area contributed by atoms with Crippen molar-refractivity contribution in [1.29, 1.82) is 5.26 Å². The van der Waals surface area contributed by atoms with E-state index in [1.54, 1.807) is 36.5 Å². The minimum Gasteiger partial charge on any atom is -0.479 e. The van der Waals surface area contributed by atoms with Crippen molar-refractivity contribution in [3.63, 3.8) is 0 Å². The van der Waals surface area contributed by atoms with Gasteiger partial charge in [-0.1, -0.05) is 32.0 Å². The molecule has 2 aromatic rings. The van der Waals surface area contributed by atoms with Gasteiger partial charge in [-0.3, -0.25) is 4.79 Å². The van der Waals surface area contributed by atoms with Crippen LogP contribution in [0.1, 0.15) is 25.0 Å². The van der Waals surface area contributed by atoms with Crippen LogP contribution in [0.15, 0.2) is 42.6 Å². The first kappa shape index (κ1) is 16.5. The molecule has 5 nitrogen and oxygen atoms in total. The van der Waals surface area contributed by atoms with Gasteiger partial charge in [0.2, 0.25) is 0 Å². The predicted octanol–water partition coefficient (Wildman–Crippen LogP) is 3.30. The zero-order chi connectivity index (χ0) is 16.8. The van der Waals surface area contributed by atoms with E-state index in [0.29, 0.717) is 17.1 Å². The van der Waals surface area contributed by atoms with Crippen molar-refractivity contribution < 1.29 is 9.53 Å². The Bertz CT molecular complexity index is 718. The number of para-hydroxylation sites is 1. The van der Waals surface area contributed by atoms with Crippen LogP contribution in [0.2, 0.25) is 0 Å². The fourth-order valence-electron chi connectivity index (χ4n) is 2.03. The van der Waals surface area contributed by atoms with Crippen molar-refractivity contribution in [3.8, 4) is 11.8 Å². The Morgan fingerprint density at radius 2 is 2.00 bits per heavy atom. The number of benzene rings is 1. The van der Waals surface area contributed by atoms with Crippen LogP contribution in [0.5, 0.6) is 5.75 Å². The fraction of sp³-hybridized carbons (Fsp3) is 0.278. The number of carbonyl (C=O) groups is 1. The van der Waals surface area contributed by atoms with E-state index in [-0.39, 0.29) is 11.8 Å². The van der Waals surface area contributed by atoms with Crippen LogP contribution >= 0.6 is 0 Å². The Balaban J connectivity index is 2.16. The average Bonchev–Trinajstić information content (AvgIpc) is 2.54. The number of nitrogens with zero attached hydrogens (tertiary/aromatic N) is 2. The van der Waals surface area contributed by atoms with Crippen LogP contribution in [0.4, 0.5) is 5.82 Å². The minimum atomic E-state index is -0.715. The molecule has 0 aliphatic rings. The van der Waals surface area contributed by atoms with Gasteiger partial charge >= 0.3 is 0 Å². The first-order chi connectivity index (χ1) is 11.0. The maximum Gasteiger partial charge on any atom is 0.266 e. The van der Waals surface area contributed by atoms with E-state index >= 15 is 0 Å². The SMILES string of the molecule is Cc1ccc(NC(=O)C(Oc2ccccc2C#N)C(C)C)nc1. The number of anilines is 1. The molecule has 0 aliphatic carbocycles. The largest absolute Gasteiger partial charge is 0.479 e. The van der Waals surface area contributed by atoms with Gasteiger partial charge in [0.05, 0.1) is 5.56 Å². The highest BCUT2D eigenvalue weighted by atomic mass is 16.5. The third kappa shape index (κ3) is 4.30. The molecule has 5 heteroatoms.